The number of pyridine rings is 1. The highest BCUT2D eigenvalue weighted by atomic mass is 19.1. The fraction of sp³-hybridized carbons (Fsp3) is 0. The van der Waals surface area contributed by atoms with Crippen molar-refractivity contribution < 1.29 is 9.60 Å². The lowest BCUT2D eigenvalue weighted by Gasteiger charge is -2.18. The summed E-state index contributed by atoms with van der Waals surface area (Å²) in [7, 11) is 0. The lowest BCUT2D eigenvalue weighted by atomic mass is 10.1. The van der Waals surface area contributed by atoms with Crippen LogP contribution in [0.5, 0.6) is 0 Å². The molecular formula is C14H9FN6O. The van der Waals surface area contributed by atoms with Crippen LogP contribution in [-0.4, -0.2) is 26.0 Å². The summed E-state index contributed by atoms with van der Waals surface area (Å²) in [4.78, 5) is 10.8. The molecular weight excluding hydrogens is 287 g/mol. The van der Waals surface area contributed by atoms with Crippen molar-refractivity contribution in [1.29, 1.82) is 10.7 Å². The van der Waals surface area contributed by atoms with E-state index in [0.29, 0.717) is 21.8 Å². The van der Waals surface area contributed by atoms with Crippen LogP contribution < -0.4 is 5.06 Å². The summed E-state index contributed by atoms with van der Waals surface area (Å²) in [5.74, 6) is -0.946. The van der Waals surface area contributed by atoms with Gasteiger partial charge in [-0.1, -0.05) is 0 Å². The zero-order valence-corrected chi connectivity index (χ0v) is 11.1. The molecule has 3 aromatic rings. The molecule has 108 valence electrons. The summed E-state index contributed by atoms with van der Waals surface area (Å²) in [6.07, 6.45) is 2.90. The van der Waals surface area contributed by atoms with Gasteiger partial charge in [-0.15, -0.1) is 0 Å². The van der Waals surface area contributed by atoms with Crippen LogP contribution in [0.25, 0.3) is 11.2 Å². The molecule has 0 saturated heterocycles. The number of nitriles is 1. The van der Waals surface area contributed by atoms with Gasteiger partial charge >= 0.3 is 0 Å². The van der Waals surface area contributed by atoms with Crippen molar-refractivity contribution in [2.75, 3.05) is 5.06 Å². The van der Waals surface area contributed by atoms with Crippen LogP contribution in [0.1, 0.15) is 11.1 Å². The second-order valence-corrected chi connectivity index (χ2v) is 4.40. The molecule has 2 aromatic heterocycles. The first kappa shape index (κ1) is 13.7. The molecule has 0 aliphatic heterocycles. The Bertz CT molecular complexity index is 913. The van der Waals surface area contributed by atoms with Gasteiger partial charge in [-0.2, -0.15) is 5.26 Å². The number of amidine groups is 1. The van der Waals surface area contributed by atoms with E-state index in [9.17, 15) is 9.60 Å². The number of nitrogens with zero attached hydrogens (tertiary/aromatic N) is 4. The number of rotatable bonds is 2. The number of H-pyrrole nitrogens is 1. The Morgan fingerprint density at radius 2 is 2.18 bits per heavy atom. The van der Waals surface area contributed by atoms with Crippen molar-refractivity contribution in [3.63, 3.8) is 0 Å². The lowest BCUT2D eigenvalue weighted by Crippen LogP contribution is -2.27. The van der Waals surface area contributed by atoms with Crippen LogP contribution >= 0.6 is 0 Å². The zero-order chi connectivity index (χ0) is 15.7. The molecule has 7 nitrogen and oxygen atoms in total. The summed E-state index contributed by atoms with van der Waals surface area (Å²) in [6, 6.07) is 6.72. The number of benzene rings is 1. The summed E-state index contributed by atoms with van der Waals surface area (Å²) in [5.41, 5.74) is 1.16. The van der Waals surface area contributed by atoms with E-state index in [1.165, 1.54) is 18.6 Å². The predicted molar refractivity (Wildman–Crippen MR) is 76.1 cm³/mol. The predicted octanol–water partition coefficient (Wildman–Crippen LogP) is 2.19. The van der Waals surface area contributed by atoms with E-state index in [0.717, 1.165) is 12.1 Å². The maximum atomic E-state index is 13.3. The zero-order valence-electron chi connectivity index (χ0n) is 11.1. The van der Waals surface area contributed by atoms with Crippen molar-refractivity contribution in [3.05, 3.63) is 53.7 Å². The van der Waals surface area contributed by atoms with Gasteiger partial charge < -0.3 is 4.98 Å². The number of aromatic nitrogens is 3. The molecule has 22 heavy (non-hydrogen) atoms. The second-order valence-electron chi connectivity index (χ2n) is 4.40. The van der Waals surface area contributed by atoms with Gasteiger partial charge in [0.25, 0.3) is 0 Å². The summed E-state index contributed by atoms with van der Waals surface area (Å²) < 4.78 is 13.3. The SMILES string of the molecule is N#Cc1cc(N(O)C(=N)c2ccnc3nc[nH]c23)ccc1F. The number of aromatic amines is 1. The Balaban J connectivity index is 2.02. The molecule has 0 aliphatic carbocycles. The maximum absolute atomic E-state index is 13.3. The van der Waals surface area contributed by atoms with Gasteiger partial charge in [-0.25, -0.2) is 19.4 Å². The first-order valence-electron chi connectivity index (χ1n) is 6.17. The van der Waals surface area contributed by atoms with Crippen molar-refractivity contribution in [2.24, 2.45) is 0 Å². The van der Waals surface area contributed by atoms with Crippen LogP contribution in [0.15, 0.2) is 36.8 Å². The largest absolute Gasteiger partial charge is 0.343 e. The minimum Gasteiger partial charge on any atom is -0.343 e. The smallest absolute Gasteiger partial charge is 0.178 e. The third kappa shape index (κ3) is 2.15. The standard InChI is InChI=1S/C14H9FN6O/c15-11-2-1-9(5-8(11)6-16)21(22)13(17)10-3-4-18-14-12(10)19-7-20-14/h1-5,7,17,22H,(H,18,19,20). The second kappa shape index (κ2) is 5.23. The Kier molecular flexibility index (Phi) is 3.25. The molecule has 0 fully saturated rings. The van der Waals surface area contributed by atoms with Gasteiger partial charge in [0.05, 0.1) is 23.1 Å². The van der Waals surface area contributed by atoms with Crippen LogP contribution in [0.4, 0.5) is 10.1 Å². The Morgan fingerprint density at radius 3 is 2.95 bits per heavy atom. The molecule has 0 radical (unpaired) electrons. The molecule has 3 rings (SSSR count). The molecule has 0 aliphatic rings. The van der Waals surface area contributed by atoms with E-state index in [2.05, 4.69) is 15.0 Å². The summed E-state index contributed by atoms with van der Waals surface area (Å²) in [5, 5.41) is 27.7. The molecule has 3 N–H and O–H groups in total. The molecule has 0 bridgehead atoms. The Morgan fingerprint density at radius 1 is 1.36 bits per heavy atom. The molecule has 0 spiro atoms. The van der Waals surface area contributed by atoms with E-state index < -0.39 is 5.82 Å². The number of nitrogens with one attached hydrogen (secondary N) is 2. The number of anilines is 1. The van der Waals surface area contributed by atoms with Crippen molar-refractivity contribution in [2.45, 2.75) is 0 Å². The van der Waals surface area contributed by atoms with E-state index in [4.69, 9.17) is 10.7 Å². The molecule has 0 atom stereocenters. The number of hydrogen-bond donors (Lipinski definition) is 3. The van der Waals surface area contributed by atoms with E-state index in [1.54, 1.807) is 12.1 Å². The lowest BCUT2D eigenvalue weighted by molar-refractivity contribution is 0.312. The normalized spacial score (nSPS) is 10.4. The average molecular weight is 296 g/mol. The number of hydrogen-bond acceptors (Lipinski definition) is 5. The van der Waals surface area contributed by atoms with Crippen LogP contribution in [0.3, 0.4) is 0 Å². The van der Waals surface area contributed by atoms with Gasteiger partial charge in [-0.3, -0.25) is 10.6 Å². The third-order valence-corrected chi connectivity index (χ3v) is 3.11. The van der Waals surface area contributed by atoms with Crippen molar-refractivity contribution >= 4 is 22.7 Å². The first-order chi connectivity index (χ1) is 10.6. The molecule has 0 unspecified atom stereocenters. The van der Waals surface area contributed by atoms with E-state index in [1.807, 2.05) is 0 Å². The van der Waals surface area contributed by atoms with Gasteiger partial charge in [0.2, 0.25) is 0 Å². The number of hydroxylamine groups is 1. The minimum absolute atomic E-state index is 0.104. The topological polar surface area (TPSA) is 113 Å². The highest BCUT2D eigenvalue weighted by molar-refractivity contribution is 6.12. The maximum Gasteiger partial charge on any atom is 0.178 e. The van der Waals surface area contributed by atoms with Gasteiger partial charge in [0.15, 0.2) is 11.5 Å². The van der Waals surface area contributed by atoms with Crippen molar-refractivity contribution in [3.8, 4) is 6.07 Å². The Hall–Kier alpha value is -3.31. The molecule has 0 saturated carbocycles. The van der Waals surface area contributed by atoms with Crippen LogP contribution in [0.2, 0.25) is 0 Å². The molecule has 0 amide bonds. The monoisotopic (exact) mass is 296 g/mol. The van der Waals surface area contributed by atoms with Crippen LogP contribution in [-0.2, 0) is 0 Å². The summed E-state index contributed by atoms with van der Waals surface area (Å²) >= 11 is 0. The molecule has 2 heterocycles. The number of halogens is 1. The molecule has 8 heteroatoms. The average Bonchev–Trinajstić information content (AvgIpc) is 3.02. The molecule has 1 aromatic carbocycles. The number of imidazole rings is 1. The van der Waals surface area contributed by atoms with Crippen LogP contribution in [0, 0.1) is 22.6 Å². The minimum atomic E-state index is -0.689. The number of fused-ring (bicyclic) bond motifs is 1. The Labute approximate surface area is 123 Å². The highest BCUT2D eigenvalue weighted by Crippen LogP contribution is 2.21. The van der Waals surface area contributed by atoms with E-state index >= 15 is 0 Å². The van der Waals surface area contributed by atoms with Gasteiger partial charge in [0.1, 0.15) is 11.9 Å². The fourth-order valence-electron chi connectivity index (χ4n) is 2.02. The van der Waals surface area contributed by atoms with Gasteiger partial charge in [-0.05, 0) is 24.3 Å². The van der Waals surface area contributed by atoms with E-state index in [-0.39, 0.29) is 17.1 Å². The first-order valence-corrected chi connectivity index (χ1v) is 6.17. The quantitative estimate of drug-likeness (QED) is 0.381. The summed E-state index contributed by atoms with van der Waals surface area (Å²) in [6.45, 7) is 0. The van der Waals surface area contributed by atoms with Gasteiger partial charge in [0, 0.05) is 11.8 Å². The third-order valence-electron chi connectivity index (χ3n) is 3.11. The highest BCUT2D eigenvalue weighted by Gasteiger charge is 2.17. The van der Waals surface area contributed by atoms with Crippen molar-refractivity contribution in [1.82, 2.24) is 15.0 Å². The fourth-order valence-corrected chi connectivity index (χ4v) is 2.02.